The summed E-state index contributed by atoms with van der Waals surface area (Å²) in [6.45, 7) is 4.22. The summed E-state index contributed by atoms with van der Waals surface area (Å²) in [4.78, 5) is 23.7. The maximum atomic E-state index is 12.4. The van der Waals surface area contributed by atoms with E-state index in [4.69, 9.17) is 9.26 Å². The molecule has 1 aromatic carbocycles. The first-order valence-corrected chi connectivity index (χ1v) is 9.61. The third-order valence-electron chi connectivity index (χ3n) is 4.84. The second-order valence-corrected chi connectivity index (χ2v) is 7.00. The van der Waals surface area contributed by atoms with E-state index >= 15 is 0 Å². The van der Waals surface area contributed by atoms with E-state index in [0.29, 0.717) is 23.9 Å². The van der Waals surface area contributed by atoms with Crippen LogP contribution in [-0.2, 0) is 6.54 Å². The van der Waals surface area contributed by atoms with Gasteiger partial charge < -0.3 is 19.5 Å². The van der Waals surface area contributed by atoms with Gasteiger partial charge in [-0.2, -0.15) is 0 Å². The lowest BCUT2D eigenvalue weighted by Crippen LogP contribution is -2.22. The van der Waals surface area contributed by atoms with Gasteiger partial charge in [0.2, 0.25) is 11.7 Å². The van der Waals surface area contributed by atoms with Crippen molar-refractivity contribution < 1.29 is 14.1 Å². The molecule has 4 rings (SSSR count). The quantitative estimate of drug-likeness (QED) is 0.688. The number of carbonyl (C=O) groups is 1. The summed E-state index contributed by atoms with van der Waals surface area (Å²) in [7, 11) is 1.62. The van der Waals surface area contributed by atoms with E-state index in [9.17, 15) is 4.79 Å². The van der Waals surface area contributed by atoms with Crippen LogP contribution in [0.4, 0.5) is 5.95 Å². The van der Waals surface area contributed by atoms with Crippen molar-refractivity contribution in [2.24, 2.45) is 0 Å². The molecular weight excluding hydrogens is 370 g/mol. The molecule has 0 spiro atoms. The van der Waals surface area contributed by atoms with E-state index in [-0.39, 0.29) is 11.7 Å². The number of rotatable bonds is 6. The molecule has 1 aliphatic heterocycles. The molecule has 0 unspecified atom stereocenters. The molecule has 8 heteroatoms. The highest BCUT2D eigenvalue weighted by Crippen LogP contribution is 2.23. The van der Waals surface area contributed by atoms with Crippen LogP contribution in [0.5, 0.6) is 5.75 Å². The highest BCUT2D eigenvalue weighted by molar-refractivity contribution is 5.92. The van der Waals surface area contributed by atoms with Gasteiger partial charge in [0, 0.05) is 31.4 Å². The number of aromatic nitrogens is 3. The van der Waals surface area contributed by atoms with E-state index in [2.05, 4.69) is 25.3 Å². The molecule has 0 aliphatic carbocycles. The van der Waals surface area contributed by atoms with E-state index < -0.39 is 0 Å². The van der Waals surface area contributed by atoms with Crippen LogP contribution in [0.3, 0.4) is 0 Å². The van der Waals surface area contributed by atoms with Gasteiger partial charge in [-0.3, -0.25) is 4.79 Å². The highest BCUT2D eigenvalue weighted by atomic mass is 16.5. The Bertz CT molecular complexity index is 994. The van der Waals surface area contributed by atoms with Crippen molar-refractivity contribution in [3.05, 3.63) is 53.4 Å². The van der Waals surface area contributed by atoms with E-state index in [0.717, 1.165) is 42.9 Å². The van der Waals surface area contributed by atoms with Gasteiger partial charge in [0.1, 0.15) is 11.4 Å². The van der Waals surface area contributed by atoms with Crippen molar-refractivity contribution in [1.29, 1.82) is 0 Å². The average Bonchev–Trinajstić information content (AvgIpc) is 3.44. The third kappa shape index (κ3) is 4.37. The molecule has 1 N–H and O–H groups in total. The van der Waals surface area contributed by atoms with Crippen molar-refractivity contribution in [2.45, 2.75) is 26.3 Å². The predicted octanol–water partition coefficient (Wildman–Crippen LogP) is 2.98. The first-order chi connectivity index (χ1) is 14.1. The molecule has 8 nitrogen and oxygen atoms in total. The Hall–Kier alpha value is -3.42. The zero-order chi connectivity index (χ0) is 20.2. The maximum Gasteiger partial charge on any atom is 0.290 e. The van der Waals surface area contributed by atoms with Crippen LogP contribution in [0.15, 0.2) is 40.9 Å². The summed E-state index contributed by atoms with van der Waals surface area (Å²) in [6.07, 6.45) is 2.30. The molecule has 1 saturated heterocycles. The zero-order valence-electron chi connectivity index (χ0n) is 16.5. The summed E-state index contributed by atoms with van der Waals surface area (Å²) < 4.78 is 10.4. The molecule has 1 fully saturated rings. The summed E-state index contributed by atoms with van der Waals surface area (Å²) in [5, 5.41) is 6.86. The number of ether oxygens (including phenoxy) is 1. The van der Waals surface area contributed by atoms with Crippen molar-refractivity contribution in [3.8, 4) is 17.1 Å². The van der Waals surface area contributed by atoms with Crippen molar-refractivity contribution in [1.82, 2.24) is 20.4 Å². The van der Waals surface area contributed by atoms with Gasteiger partial charge in [-0.05, 0) is 43.5 Å². The molecule has 0 bridgehead atoms. The fourth-order valence-corrected chi connectivity index (χ4v) is 3.26. The molecule has 1 amide bonds. The molecule has 150 valence electrons. The Kier molecular flexibility index (Phi) is 5.41. The van der Waals surface area contributed by atoms with Crippen molar-refractivity contribution in [2.75, 3.05) is 25.1 Å². The Balaban J connectivity index is 1.45. The Morgan fingerprint density at radius 2 is 1.90 bits per heavy atom. The maximum absolute atomic E-state index is 12.4. The number of aryl methyl sites for hydroxylation is 1. The minimum Gasteiger partial charge on any atom is -0.497 e. The lowest BCUT2D eigenvalue weighted by atomic mass is 10.2. The van der Waals surface area contributed by atoms with Crippen LogP contribution < -0.4 is 15.0 Å². The number of carbonyl (C=O) groups excluding carboxylic acids is 1. The van der Waals surface area contributed by atoms with Gasteiger partial charge in [0.05, 0.1) is 12.8 Å². The fraction of sp³-hybridized carbons (Fsp3) is 0.333. The SMILES string of the molecule is COc1ccc(CNC(=O)c2cc(-c3cc(C)nc(N4CCCC4)n3)no2)cc1. The lowest BCUT2D eigenvalue weighted by Gasteiger charge is -2.15. The second kappa shape index (κ2) is 8.30. The topological polar surface area (TPSA) is 93.4 Å². The van der Waals surface area contributed by atoms with Gasteiger partial charge in [0.15, 0.2) is 0 Å². The van der Waals surface area contributed by atoms with Crippen molar-refractivity contribution >= 4 is 11.9 Å². The second-order valence-electron chi connectivity index (χ2n) is 7.00. The van der Waals surface area contributed by atoms with E-state index in [1.54, 1.807) is 13.2 Å². The number of hydrogen-bond donors (Lipinski definition) is 1. The molecule has 0 saturated carbocycles. The standard InChI is InChI=1S/C21H23N5O3/c1-14-11-17(24-21(23-14)26-9-3-4-10-26)18-12-19(29-25-18)20(27)22-13-15-5-7-16(28-2)8-6-15/h5-8,11-12H,3-4,9-10,13H2,1-2H3,(H,22,27). The number of nitrogens with one attached hydrogen (secondary N) is 1. The zero-order valence-corrected chi connectivity index (χ0v) is 16.5. The van der Waals surface area contributed by atoms with Crippen LogP contribution in [0, 0.1) is 6.92 Å². The number of benzene rings is 1. The molecule has 0 atom stereocenters. The first kappa shape index (κ1) is 18.9. The highest BCUT2D eigenvalue weighted by Gasteiger charge is 2.19. The van der Waals surface area contributed by atoms with Crippen LogP contribution in [0.25, 0.3) is 11.4 Å². The number of amides is 1. The minimum atomic E-state index is -0.329. The Morgan fingerprint density at radius 3 is 2.62 bits per heavy atom. The molecule has 2 aromatic heterocycles. The summed E-state index contributed by atoms with van der Waals surface area (Å²) in [6, 6.07) is 10.9. The third-order valence-corrected chi connectivity index (χ3v) is 4.84. The minimum absolute atomic E-state index is 0.146. The van der Waals surface area contributed by atoms with Gasteiger partial charge in [-0.1, -0.05) is 17.3 Å². The molecule has 0 radical (unpaired) electrons. The smallest absolute Gasteiger partial charge is 0.290 e. The number of nitrogens with zero attached hydrogens (tertiary/aromatic N) is 4. The Labute approximate surface area is 168 Å². The first-order valence-electron chi connectivity index (χ1n) is 9.61. The van der Waals surface area contributed by atoms with E-state index in [1.807, 2.05) is 37.3 Å². The van der Waals surface area contributed by atoms with Crippen LogP contribution >= 0.6 is 0 Å². The van der Waals surface area contributed by atoms with Crippen LogP contribution in [0.2, 0.25) is 0 Å². The normalized spacial score (nSPS) is 13.5. The fourth-order valence-electron chi connectivity index (χ4n) is 3.26. The summed E-state index contributed by atoms with van der Waals surface area (Å²) >= 11 is 0. The van der Waals surface area contributed by atoms with Gasteiger partial charge in [0.25, 0.3) is 5.91 Å². The number of methoxy groups -OCH3 is 1. The number of hydrogen-bond acceptors (Lipinski definition) is 7. The molecular formula is C21H23N5O3. The molecule has 1 aliphatic rings. The molecule has 3 aromatic rings. The monoisotopic (exact) mass is 393 g/mol. The lowest BCUT2D eigenvalue weighted by molar-refractivity contribution is 0.0914. The predicted molar refractivity (Wildman–Crippen MR) is 108 cm³/mol. The van der Waals surface area contributed by atoms with Crippen molar-refractivity contribution in [3.63, 3.8) is 0 Å². The summed E-state index contributed by atoms with van der Waals surface area (Å²) in [5.41, 5.74) is 2.98. The van der Waals surface area contributed by atoms with Crippen LogP contribution in [-0.4, -0.2) is 41.2 Å². The average molecular weight is 393 g/mol. The largest absolute Gasteiger partial charge is 0.497 e. The molecule has 29 heavy (non-hydrogen) atoms. The van der Waals surface area contributed by atoms with E-state index in [1.165, 1.54) is 0 Å². The van der Waals surface area contributed by atoms with Gasteiger partial charge in [-0.15, -0.1) is 0 Å². The van der Waals surface area contributed by atoms with Crippen LogP contribution in [0.1, 0.15) is 34.7 Å². The van der Waals surface area contributed by atoms with Gasteiger partial charge >= 0.3 is 0 Å². The Morgan fingerprint density at radius 1 is 1.14 bits per heavy atom. The molecule has 3 heterocycles. The van der Waals surface area contributed by atoms with Gasteiger partial charge in [-0.25, -0.2) is 9.97 Å². The summed E-state index contributed by atoms with van der Waals surface area (Å²) in [5.74, 6) is 1.29. The number of anilines is 1.